The zero-order valence-corrected chi connectivity index (χ0v) is 15.3. The molecule has 148 valence electrons. The van der Waals surface area contributed by atoms with Gasteiger partial charge < -0.3 is 9.47 Å². The lowest BCUT2D eigenvalue weighted by Gasteiger charge is -2.09. The molecule has 1 heterocycles. The van der Waals surface area contributed by atoms with Crippen molar-refractivity contribution in [3.63, 3.8) is 0 Å². The van der Waals surface area contributed by atoms with E-state index < -0.39 is 6.36 Å². The van der Waals surface area contributed by atoms with Crippen LogP contribution in [0, 0.1) is 0 Å². The van der Waals surface area contributed by atoms with E-state index in [-0.39, 0.29) is 11.3 Å². The van der Waals surface area contributed by atoms with Crippen LogP contribution < -0.4 is 15.0 Å². The standard InChI is InChI=1S/C19H16ClF3N2O3/c20-10-1-11-27-15-8-4-14(5-9-15)25-18(26)12-17(24-25)13-2-6-16(7-3-13)28-19(21,22)23/h2-9,12,24H,1,10-11H2. The van der Waals surface area contributed by atoms with E-state index in [0.29, 0.717) is 35.2 Å². The zero-order chi connectivity index (χ0) is 20.1. The molecule has 0 bridgehead atoms. The number of alkyl halides is 4. The average Bonchev–Trinajstić information content (AvgIpc) is 3.03. The molecule has 0 saturated carbocycles. The lowest BCUT2D eigenvalue weighted by atomic mass is 10.1. The third kappa shape index (κ3) is 5.10. The molecule has 28 heavy (non-hydrogen) atoms. The molecule has 0 atom stereocenters. The number of nitrogens with zero attached hydrogens (tertiary/aromatic N) is 1. The largest absolute Gasteiger partial charge is 0.573 e. The van der Waals surface area contributed by atoms with E-state index in [1.165, 1.54) is 35.0 Å². The van der Waals surface area contributed by atoms with Gasteiger partial charge in [-0.25, -0.2) is 4.68 Å². The normalized spacial score (nSPS) is 11.4. The van der Waals surface area contributed by atoms with Crippen LogP contribution >= 0.6 is 11.6 Å². The number of aromatic nitrogens is 2. The first-order valence-corrected chi connectivity index (χ1v) is 8.86. The lowest BCUT2D eigenvalue weighted by molar-refractivity contribution is -0.274. The summed E-state index contributed by atoms with van der Waals surface area (Å²) in [5.74, 6) is 0.846. The van der Waals surface area contributed by atoms with Crippen LogP contribution in [0.25, 0.3) is 16.9 Å². The van der Waals surface area contributed by atoms with Gasteiger partial charge in [0.25, 0.3) is 5.56 Å². The highest BCUT2D eigenvalue weighted by Crippen LogP contribution is 2.25. The molecule has 5 nitrogen and oxygen atoms in total. The maximum atomic E-state index is 12.3. The van der Waals surface area contributed by atoms with E-state index in [9.17, 15) is 18.0 Å². The topological polar surface area (TPSA) is 56.2 Å². The maximum Gasteiger partial charge on any atom is 0.573 e. The lowest BCUT2D eigenvalue weighted by Crippen LogP contribution is -2.16. The molecule has 0 aliphatic rings. The summed E-state index contributed by atoms with van der Waals surface area (Å²) in [6, 6.07) is 13.5. The van der Waals surface area contributed by atoms with E-state index >= 15 is 0 Å². The van der Waals surface area contributed by atoms with Crippen molar-refractivity contribution in [2.75, 3.05) is 12.5 Å². The molecule has 0 aliphatic heterocycles. The summed E-state index contributed by atoms with van der Waals surface area (Å²) in [6.07, 6.45) is -4.02. The second-order valence-corrected chi connectivity index (χ2v) is 6.18. The molecule has 0 radical (unpaired) electrons. The van der Waals surface area contributed by atoms with Crippen molar-refractivity contribution >= 4 is 11.6 Å². The minimum absolute atomic E-state index is 0.304. The highest BCUT2D eigenvalue weighted by molar-refractivity contribution is 6.17. The third-order valence-corrected chi connectivity index (χ3v) is 4.03. The molecule has 3 aromatic rings. The second-order valence-electron chi connectivity index (χ2n) is 5.80. The summed E-state index contributed by atoms with van der Waals surface area (Å²) < 4.78 is 47.4. The summed E-state index contributed by atoms with van der Waals surface area (Å²) in [5, 5.41) is 2.94. The summed E-state index contributed by atoms with van der Waals surface area (Å²) in [4.78, 5) is 12.3. The number of hydrogen-bond acceptors (Lipinski definition) is 3. The molecule has 0 saturated heterocycles. The molecule has 0 amide bonds. The van der Waals surface area contributed by atoms with Crippen molar-refractivity contribution in [1.29, 1.82) is 0 Å². The molecule has 0 spiro atoms. The molecule has 1 aromatic heterocycles. The number of hydrogen-bond donors (Lipinski definition) is 1. The number of nitrogens with one attached hydrogen (secondary N) is 1. The Morgan fingerprint density at radius 2 is 1.64 bits per heavy atom. The molecule has 1 N–H and O–H groups in total. The zero-order valence-electron chi connectivity index (χ0n) is 14.5. The van der Waals surface area contributed by atoms with Gasteiger partial charge in [-0.05, 0) is 60.5 Å². The molecule has 9 heteroatoms. The summed E-state index contributed by atoms with van der Waals surface area (Å²) in [5.41, 5.74) is 1.30. The number of H-pyrrole nitrogens is 1. The minimum atomic E-state index is -4.75. The molecule has 2 aromatic carbocycles. The Balaban J connectivity index is 1.77. The monoisotopic (exact) mass is 412 g/mol. The Labute approximate surface area is 163 Å². The van der Waals surface area contributed by atoms with Crippen molar-refractivity contribution < 1.29 is 22.6 Å². The minimum Gasteiger partial charge on any atom is -0.494 e. The summed E-state index contributed by atoms with van der Waals surface area (Å²) >= 11 is 5.60. The highest BCUT2D eigenvalue weighted by Gasteiger charge is 2.31. The van der Waals surface area contributed by atoms with Gasteiger partial charge in [-0.1, -0.05) is 0 Å². The first-order chi connectivity index (χ1) is 13.4. The van der Waals surface area contributed by atoms with Crippen molar-refractivity contribution in [2.24, 2.45) is 0 Å². The van der Waals surface area contributed by atoms with Gasteiger partial charge in [-0.2, -0.15) is 0 Å². The van der Waals surface area contributed by atoms with Crippen molar-refractivity contribution in [3.05, 3.63) is 65.0 Å². The van der Waals surface area contributed by atoms with Gasteiger partial charge in [0.2, 0.25) is 0 Å². The summed E-state index contributed by atoms with van der Waals surface area (Å²) in [6.45, 7) is 0.503. The van der Waals surface area contributed by atoms with E-state index in [1.807, 2.05) is 0 Å². The van der Waals surface area contributed by atoms with Crippen LogP contribution in [0.3, 0.4) is 0 Å². The quantitative estimate of drug-likeness (QED) is 0.450. The van der Waals surface area contributed by atoms with Gasteiger partial charge in [-0.15, -0.1) is 24.8 Å². The van der Waals surface area contributed by atoms with Gasteiger partial charge >= 0.3 is 6.36 Å². The van der Waals surface area contributed by atoms with Gasteiger partial charge in [0, 0.05) is 11.9 Å². The predicted octanol–water partition coefficient (Wildman–Crippen LogP) is 4.74. The number of rotatable bonds is 7. The van der Waals surface area contributed by atoms with Gasteiger partial charge in [-0.3, -0.25) is 9.89 Å². The van der Waals surface area contributed by atoms with Crippen molar-refractivity contribution in [2.45, 2.75) is 12.8 Å². The van der Waals surface area contributed by atoms with Crippen molar-refractivity contribution in [3.8, 4) is 28.4 Å². The molecule has 0 aliphatic carbocycles. The smallest absolute Gasteiger partial charge is 0.494 e. The van der Waals surface area contributed by atoms with E-state index in [4.69, 9.17) is 16.3 Å². The fourth-order valence-electron chi connectivity index (χ4n) is 2.51. The van der Waals surface area contributed by atoms with Crippen LogP contribution in [0.1, 0.15) is 6.42 Å². The number of halogens is 4. The fourth-order valence-corrected chi connectivity index (χ4v) is 2.62. The molecular weight excluding hydrogens is 397 g/mol. The molecular formula is C19H16ClF3N2O3. The van der Waals surface area contributed by atoms with Crippen LogP contribution in [0.15, 0.2) is 59.4 Å². The Morgan fingerprint density at radius 3 is 2.25 bits per heavy atom. The summed E-state index contributed by atoms with van der Waals surface area (Å²) in [7, 11) is 0. The number of ether oxygens (including phenoxy) is 2. The molecule has 0 fully saturated rings. The number of benzene rings is 2. The van der Waals surface area contributed by atoms with Crippen LogP contribution in [-0.2, 0) is 0 Å². The Hall–Kier alpha value is -2.87. The first-order valence-electron chi connectivity index (χ1n) is 8.33. The van der Waals surface area contributed by atoms with Gasteiger partial charge in [0.1, 0.15) is 11.5 Å². The maximum absolute atomic E-state index is 12.3. The Morgan fingerprint density at radius 1 is 1.00 bits per heavy atom. The SMILES string of the molecule is O=c1cc(-c2ccc(OC(F)(F)F)cc2)[nH]n1-c1ccc(OCCCCl)cc1. The van der Waals surface area contributed by atoms with Crippen molar-refractivity contribution in [1.82, 2.24) is 9.78 Å². The Bertz CT molecular complexity index is 964. The first kappa shape index (κ1) is 19.9. The number of aromatic amines is 1. The average molecular weight is 413 g/mol. The third-order valence-electron chi connectivity index (χ3n) is 3.76. The van der Waals surface area contributed by atoms with Crippen LogP contribution in [0.4, 0.5) is 13.2 Å². The highest BCUT2D eigenvalue weighted by atomic mass is 35.5. The molecule has 3 rings (SSSR count). The van der Waals surface area contributed by atoms with E-state index in [2.05, 4.69) is 9.84 Å². The van der Waals surface area contributed by atoms with E-state index in [0.717, 1.165) is 6.42 Å². The second kappa shape index (κ2) is 8.43. The predicted molar refractivity (Wildman–Crippen MR) is 99.3 cm³/mol. The van der Waals surface area contributed by atoms with Gasteiger partial charge in [0.05, 0.1) is 18.0 Å². The van der Waals surface area contributed by atoms with Crippen LogP contribution in [0.2, 0.25) is 0 Å². The van der Waals surface area contributed by atoms with E-state index in [1.54, 1.807) is 24.3 Å². The van der Waals surface area contributed by atoms with Crippen LogP contribution in [0.5, 0.6) is 11.5 Å². The molecule has 0 unspecified atom stereocenters. The Kier molecular flexibility index (Phi) is 5.99. The van der Waals surface area contributed by atoms with Gasteiger partial charge in [0.15, 0.2) is 0 Å². The van der Waals surface area contributed by atoms with Crippen LogP contribution in [-0.4, -0.2) is 28.6 Å². The fraction of sp³-hybridized carbons (Fsp3) is 0.211.